The molecule has 128 valence electrons. The molecule has 1 aliphatic heterocycles. The molecule has 3 rings (SSSR count). The molecule has 2 aliphatic rings. The Morgan fingerprint density at radius 2 is 2.04 bits per heavy atom. The topological polar surface area (TPSA) is 35.9 Å². The maximum Gasteiger partial charge on any atom is 0.120 e. The van der Waals surface area contributed by atoms with E-state index in [1.54, 1.807) is 0 Å². The van der Waals surface area contributed by atoms with E-state index in [2.05, 4.69) is 41.1 Å². The van der Waals surface area contributed by atoms with E-state index in [1.165, 1.54) is 31.2 Å². The van der Waals surface area contributed by atoms with Crippen molar-refractivity contribution in [3.63, 3.8) is 0 Å². The molecule has 0 aromatic heterocycles. The number of benzene rings is 1. The van der Waals surface area contributed by atoms with Gasteiger partial charge in [0.05, 0.1) is 6.10 Å². The van der Waals surface area contributed by atoms with E-state index in [0.29, 0.717) is 12.1 Å². The van der Waals surface area contributed by atoms with Gasteiger partial charge in [-0.1, -0.05) is 12.1 Å². The first-order chi connectivity index (χ1) is 11.2. The highest BCUT2D eigenvalue weighted by Crippen LogP contribution is 2.25. The number of nitrogens with zero attached hydrogens (tertiary/aromatic N) is 2. The number of hydrogen-bond acceptors (Lipinski definition) is 4. The van der Waals surface area contributed by atoms with Crippen LogP contribution < -0.4 is 4.74 Å². The maximum atomic E-state index is 9.22. The highest BCUT2D eigenvalue weighted by atomic mass is 16.5. The van der Waals surface area contributed by atoms with Gasteiger partial charge in [0.25, 0.3) is 0 Å². The van der Waals surface area contributed by atoms with Crippen molar-refractivity contribution in [3.05, 3.63) is 29.8 Å². The molecule has 2 fully saturated rings. The summed E-state index contributed by atoms with van der Waals surface area (Å²) in [7, 11) is 2.16. The fraction of sp³-hybridized carbons (Fsp3) is 0.684. The molecule has 1 saturated heterocycles. The fourth-order valence-corrected chi connectivity index (χ4v) is 3.79. The molecule has 0 amide bonds. The monoisotopic (exact) mass is 318 g/mol. The van der Waals surface area contributed by atoms with Crippen LogP contribution in [0.4, 0.5) is 0 Å². The summed E-state index contributed by atoms with van der Waals surface area (Å²) in [6, 6.07) is 9.06. The Hall–Kier alpha value is -1.10. The summed E-state index contributed by atoms with van der Waals surface area (Å²) in [6.45, 7) is 4.44. The van der Waals surface area contributed by atoms with E-state index >= 15 is 0 Å². The average molecular weight is 318 g/mol. The second-order valence-corrected chi connectivity index (χ2v) is 7.05. The molecule has 0 spiro atoms. The van der Waals surface area contributed by atoms with Crippen molar-refractivity contribution in [1.29, 1.82) is 0 Å². The largest absolute Gasteiger partial charge is 0.490 e. The van der Waals surface area contributed by atoms with Crippen LogP contribution in [0, 0.1) is 0 Å². The van der Waals surface area contributed by atoms with Gasteiger partial charge in [-0.2, -0.15) is 0 Å². The fourth-order valence-electron chi connectivity index (χ4n) is 3.79. The third-order valence-corrected chi connectivity index (χ3v) is 5.23. The lowest BCUT2D eigenvalue weighted by atomic mass is 10.1. The predicted molar refractivity (Wildman–Crippen MR) is 92.7 cm³/mol. The number of piperazine rings is 1. The Morgan fingerprint density at radius 1 is 1.22 bits per heavy atom. The summed E-state index contributed by atoms with van der Waals surface area (Å²) in [5.41, 5.74) is 1.33. The molecule has 1 atom stereocenters. The lowest BCUT2D eigenvalue weighted by molar-refractivity contribution is 0.0742. The molecule has 0 radical (unpaired) electrons. The zero-order chi connectivity index (χ0) is 16.1. The third kappa shape index (κ3) is 4.69. The lowest BCUT2D eigenvalue weighted by Gasteiger charge is -2.39. The van der Waals surface area contributed by atoms with Crippen LogP contribution in [0.15, 0.2) is 24.3 Å². The van der Waals surface area contributed by atoms with Crippen LogP contribution in [0.25, 0.3) is 0 Å². The van der Waals surface area contributed by atoms with E-state index in [-0.39, 0.29) is 6.61 Å². The Morgan fingerprint density at radius 3 is 2.83 bits per heavy atom. The standard InChI is InChI=1S/C19H30N2O2/c1-20-10-11-21(15-17(20)9-12-22)14-16-5-4-8-19(13-16)23-18-6-2-3-7-18/h4-5,8,13,17-18,22H,2-3,6-7,9-12,14-15H2,1H3. The van der Waals surface area contributed by atoms with Crippen LogP contribution in [0.2, 0.25) is 0 Å². The molecule has 1 aromatic rings. The first-order valence-corrected chi connectivity index (χ1v) is 9.03. The van der Waals surface area contributed by atoms with Crippen molar-refractivity contribution in [3.8, 4) is 5.75 Å². The molecule has 1 heterocycles. The van der Waals surface area contributed by atoms with Gasteiger partial charge in [0.1, 0.15) is 5.75 Å². The number of ether oxygens (including phenoxy) is 1. The first-order valence-electron chi connectivity index (χ1n) is 9.03. The summed E-state index contributed by atoms with van der Waals surface area (Å²) in [6.07, 6.45) is 6.29. The minimum atomic E-state index is 0.271. The molecule has 0 bridgehead atoms. The Balaban J connectivity index is 1.56. The zero-order valence-electron chi connectivity index (χ0n) is 14.3. The summed E-state index contributed by atoms with van der Waals surface area (Å²) < 4.78 is 6.12. The molecule has 1 aromatic carbocycles. The molecule has 4 nitrogen and oxygen atoms in total. The van der Waals surface area contributed by atoms with Gasteiger partial charge in [0.2, 0.25) is 0 Å². The van der Waals surface area contributed by atoms with Crippen LogP contribution >= 0.6 is 0 Å². The van der Waals surface area contributed by atoms with Gasteiger partial charge >= 0.3 is 0 Å². The van der Waals surface area contributed by atoms with Gasteiger partial charge in [-0.15, -0.1) is 0 Å². The first kappa shape index (κ1) is 16.7. The number of rotatable bonds is 6. The van der Waals surface area contributed by atoms with E-state index in [0.717, 1.165) is 38.3 Å². The molecular formula is C19H30N2O2. The van der Waals surface area contributed by atoms with Crippen LogP contribution in [0.5, 0.6) is 5.75 Å². The Kier molecular flexibility index (Phi) is 5.92. The second-order valence-electron chi connectivity index (χ2n) is 7.05. The quantitative estimate of drug-likeness (QED) is 0.874. The van der Waals surface area contributed by atoms with Crippen molar-refractivity contribution in [1.82, 2.24) is 9.80 Å². The van der Waals surface area contributed by atoms with E-state index in [9.17, 15) is 5.11 Å². The van der Waals surface area contributed by atoms with Gasteiger partial charge in [0.15, 0.2) is 0 Å². The van der Waals surface area contributed by atoms with Gasteiger partial charge in [-0.05, 0) is 56.8 Å². The molecular weight excluding hydrogens is 288 g/mol. The van der Waals surface area contributed by atoms with Crippen LogP contribution in [-0.4, -0.2) is 60.3 Å². The molecule has 23 heavy (non-hydrogen) atoms. The van der Waals surface area contributed by atoms with Crippen LogP contribution in [0.1, 0.15) is 37.7 Å². The van der Waals surface area contributed by atoms with Gasteiger partial charge in [-0.25, -0.2) is 0 Å². The van der Waals surface area contributed by atoms with E-state index < -0.39 is 0 Å². The van der Waals surface area contributed by atoms with Crippen molar-refractivity contribution in [2.45, 2.75) is 50.8 Å². The third-order valence-electron chi connectivity index (χ3n) is 5.23. The van der Waals surface area contributed by atoms with Gasteiger partial charge in [0, 0.05) is 38.8 Å². The summed E-state index contributed by atoms with van der Waals surface area (Å²) in [5, 5.41) is 9.22. The van der Waals surface area contributed by atoms with Crippen molar-refractivity contribution in [2.75, 3.05) is 33.3 Å². The number of hydrogen-bond donors (Lipinski definition) is 1. The predicted octanol–water partition coefficient (Wildman–Crippen LogP) is 2.51. The average Bonchev–Trinajstić information content (AvgIpc) is 3.04. The smallest absolute Gasteiger partial charge is 0.120 e. The van der Waals surface area contributed by atoms with Crippen LogP contribution in [0.3, 0.4) is 0 Å². The van der Waals surface area contributed by atoms with E-state index in [1.807, 2.05) is 0 Å². The second kappa shape index (κ2) is 8.13. The SMILES string of the molecule is CN1CCN(Cc2cccc(OC3CCCC3)c2)CC1CCO. The molecule has 4 heteroatoms. The molecule has 1 saturated carbocycles. The minimum absolute atomic E-state index is 0.271. The number of aliphatic hydroxyl groups is 1. The number of aliphatic hydroxyl groups excluding tert-OH is 1. The van der Waals surface area contributed by atoms with Gasteiger partial charge in [-0.3, -0.25) is 4.90 Å². The lowest BCUT2D eigenvalue weighted by Crippen LogP contribution is -2.51. The minimum Gasteiger partial charge on any atom is -0.490 e. The molecule has 1 unspecified atom stereocenters. The van der Waals surface area contributed by atoms with E-state index in [4.69, 9.17) is 4.74 Å². The van der Waals surface area contributed by atoms with Crippen molar-refractivity contribution in [2.24, 2.45) is 0 Å². The highest BCUT2D eigenvalue weighted by Gasteiger charge is 2.24. The Labute approximate surface area is 140 Å². The summed E-state index contributed by atoms with van der Waals surface area (Å²) in [5.74, 6) is 1.02. The molecule has 1 aliphatic carbocycles. The number of likely N-dealkylation sites (N-methyl/N-ethyl adjacent to an activating group) is 1. The highest BCUT2D eigenvalue weighted by molar-refractivity contribution is 5.28. The van der Waals surface area contributed by atoms with Crippen molar-refractivity contribution >= 4 is 0 Å². The molecule has 1 N–H and O–H groups in total. The maximum absolute atomic E-state index is 9.22. The summed E-state index contributed by atoms with van der Waals surface area (Å²) in [4.78, 5) is 4.86. The Bertz CT molecular complexity index is 488. The van der Waals surface area contributed by atoms with Gasteiger partial charge < -0.3 is 14.7 Å². The van der Waals surface area contributed by atoms with Crippen LogP contribution in [-0.2, 0) is 6.54 Å². The zero-order valence-corrected chi connectivity index (χ0v) is 14.3. The summed E-state index contributed by atoms with van der Waals surface area (Å²) >= 11 is 0. The van der Waals surface area contributed by atoms with Crippen molar-refractivity contribution < 1.29 is 9.84 Å². The normalized spacial score (nSPS) is 24.2.